The van der Waals surface area contributed by atoms with Crippen molar-refractivity contribution in [1.29, 1.82) is 0 Å². The third-order valence-corrected chi connectivity index (χ3v) is 6.47. The number of aromatic amines is 1. The first-order valence-electron chi connectivity index (χ1n) is 7.58. The van der Waals surface area contributed by atoms with Crippen LogP contribution in [0.1, 0.15) is 13.3 Å². The van der Waals surface area contributed by atoms with E-state index in [0.29, 0.717) is 17.4 Å². The van der Waals surface area contributed by atoms with Crippen LogP contribution >= 0.6 is 11.8 Å². The Bertz CT molecular complexity index is 820. The van der Waals surface area contributed by atoms with Crippen LogP contribution in [0, 0.1) is 0 Å². The Kier molecular flexibility index (Phi) is 4.91. The van der Waals surface area contributed by atoms with Crippen LogP contribution in [0.4, 0.5) is 0 Å². The van der Waals surface area contributed by atoms with E-state index in [-0.39, 0.29) is 23.5 Å². The third kappa shape index (κ3) is 4.15. The van der Waals surface area contributed by atoms with Crippen molar-refractivity contribution in [2.45, 2.75) is 29.8 Å². The summed E-state index contributed by atoms with van der Waals surface area (Å²) in [5.41, 5.74) is 0.921. The number of benzene rings is 1. The number of carbonyl (C=O) groups excluding carboxylic acids is 1. The summed E-state index contributed by atoms with van der Waals surface area (Å²) in [6.45, 7) is 1.75. The minimum Gasteiger partial charge on any atom is -0.351 e. The van der Waals surface area contributed by atoms with Gasteiger partial charge in [-0.3, -0.25) is 9.89 Å². The van der Waals surface area contributed by atoms with E-state index in [1.54, 1.807) is 6.92 Å². The SMILES string of the molecule is C[C@H](Sc1n[nH]c(-c2ccccc2)n1)C(=O)N[C@@H]1CCS(=O)(=O)C1. The topological polar surface area (TPSA) is 105 Å². The highest BCUT2D eigenvalue weighted by Crippen LogP contribution is 2.23. The van der Waals surface area contributed by atoms with Crippen molar-refractivity contribution >= 4 is 27.5 Å². The van der Waals surface area contributed by atoms with E-state index in [1.165, 1.54) is 11.8 Å². The van der Waals surface area contributed by atoms with Gasteiger partial charge in [0.15, 0.2) is 15.7 Å². The molecule has 1 aromatic carbocycles. The van der Waals surface area contributed by atoms with Gasteiger partial charge in [-0.25, -0.2) is 13.4 Å². The number of hydrogen-bond donors (Lipinski definition) is 2. The summed E-state index contributed by atoms with van der Waals surface area (Å²) in [6.07, 6.45) is 0.476. The lowest BCUT2D eigenvalue weighted by atomic mass is 10.2. The number of carbonyl (C=O) groups is 1. The summed E-state index contributed by atoms with van der Waals surface area (Å²) < 4.78 is 22.9. The van der Waals surface area contributed by atoms with Gasteiger partial charge < -0.3 is 5.32 Å². The molecule has 2 N–H and O–H groups in total. The Hall–Kier alpha value is -1.87. The number of hydrogen-bond acceptors (Lipinski definition) is 6. The maximum atomic E-state index is 12.2. The highest BCUT2D eigenvalue weighted by Gasteiger charge is 2.30. The number of amides is 1. The monoisotopic (exact) mass is 366 g/mol. The molecule has 7 nitrogen and oxygen atoms in total. The predicted molar refractivity (Wildman–Crippen MR) is 92.3 cm³/mol. The second-order valence-electron chi connectivity index (χ2n) is 5.70. The van der Waals surface area contributed by atoms with Crippen LogP contribution in [0.15, 0.2) is 35.5 Å². The van der Waals surface area contributed by atoms with Crippen molar-refractivity contribution < 1.29 is 13.2 Å². The fourth-order valence-corrected chi connectivity index (χ4v) is 4.87. The van der Waals surface area contributed by atoms with Crippen LogP contribution in [0.5, 0.6) is 0 Å². The number of H-pyrrole nitrogens is 1. The van der Waals surface area contributed by atoms with E-state index in [1.807, 2.05) is 30.3 Å². The molecule has 0 aliphatic carbocycles. The fourth-order valence-electron chi connectivity index (χ4n) is 2.46. The lowest BCUT2D eigenvalue weighted by molar-refractivity contribution is -0.120. The molecule has 128 valence electrons. The molecule has 1 aliphatic heterocycles. The molecule has 0 radical (unpaired) electrons. The van der Waals surface area contributed by atoms with Gasteiger partial charge in [0.1, 0.15) is 0 Å². The first kappa shape index (κ1) is 17.0. The van der Waals surface area contributed by atoms with E-state index in [9.17, 15) is 13.2 Å². The van der Waals surface area contributed by atoms with Crippen LogP contribution < -0.4 is 5.32 Å². The maximum absolute atomic E-state index is 12.2. The van der Waals surface area contributed by atoms with Gasteiger partial charge in [0.05, 0.1) is 16.8 Å². The first-order valence-corrected chi connectivity index (χ1v) is 10.3. The number of thioether (sulfide) groups is 1. The van der Waals surface area contributed by atoms with Gasteiger partial charge in [-0.15, -0.1) is 5.10 Å². The fraction of sp³-hybridized carbons (Fsp3) is 0.400. The number of rotatable bonds is 5. The lowest BCUT2D eigenvalue weighted by Gasteiger charge is -2.14. The van der Waals surface area contributed by atoms with E-state index in [0.717, 1.165) is 5.56 Å². The number of nitrogens with one attached hydrogen (secondary N) is 2. The van der Waals surface area contributed by atoms with Crippen molar-refractivity contribution in [3.8, 4) is 11.4 Å². The molecule has 1 aliphatic rings. The van der Waals surface area contributed by atoms with Crippen molar-refractivity contribution in [3.05, 3.63) is 30.3 Å². The highest BCUT2D eigenvalue weighted by atomic mass is 32.2. The molecule has 0 saturated carbocycles. The average molecular weight is 366 g/mol. The average Bonchev–Trinajstić information content (AvgIpc) is 3.14. The van der Waals surface area contributed by atoms with Gasteiger partial charge in [-0.05, 0) is 13.3 Å². The van der Waals surface area contributed by atoms with E-state index in [2.05, 4.69) is 20.5 Å². The molecule has 24 heavy (non-hydrogen) atoms. The number of nitrogens with zero attached hydrogens (tertiary/aromatic N) is 2. The molecule has 1 saturated heterocycles. The summed E-state index contributed by atoms with van der Waals surface area (Å²) in [4.78, 5) is 16.6. The first-order chi connectivity index (χ1) is 11.4. The second kappa shape index (κ2) is 6.94. The lowest BCUT2D eigenvalue weighted by Crippen LogP contribution is -2.39. The Labute approximate surface area is 144 Å². The minimum absolute atomic E-state index is 0.0228. The zero-order valence-electron chi connectivity index (χ0n) is 13.1. The molecule has 9 heteroatoms. The van der Waals surface area contributed by atoms with Crippen LogP contribution in [0.2, 0.25) is 0 Å². The van der Waals surface area contributed by atoms with Gasteiger partial charge in [0.2, 0.25) is 11.1 Å². The zero-order chi connectivity index (χ0) is 17.2. The number of sulfone groups is 1. The molecular weight excluding hydrogens is 348 g/mol. The third-order valence-electron chi connectivity index (χ3n) is 3.74. The summed E-state index contributed by atoms with van der Waals surface area (Å²) in [7, 11) is -3.00. The summed E-state index contributed by atoms with van der Waals surface area (Å²) >= 11 is 1.24. The molecule has 0 spiro atoms. The zero-order valence-corrected chi connectivity index (χ0v) is 14.7. The van der Waals surface area contributed by atoms with E-state index >= 15 is 0 Å². The Morgan fingerprint density at radius 2 is 2.12 bits per heavy atom. The summed E-state index contributed by atoms with van der Waals surface area (Å²) in [6, 6.07) is 9.30. The second-order valence-corrected chi connectivity index (χ2v) is 9.24. The van der Waals surface area contributed by atoms with Crippen LogP contribution in [0.3, 0.4) is 0 Å². The molecule has 0 unspecified atom stereocenters. The normalized spacial score (nSPS) is 20.6. The van der Waals surface area contributed by atoms with Crippen molar-refractivity contribution in [3.63, 3.8) is 0 Å². The standard InChI is InChI=1S/C15H18N4O3S2/c1-10(14(20)16-12-7-8-24(21,22)9-12)23-15-17-13(18-19-15)11-5-3-2-4-6-11/h2-6,10,12H,7-9H2,1H3,(H,16,20)(H,17,18,19)/t10-,12+/m0/s1. The largest absolute Gasteiger partial charge is 0.351 e. The van der Waals surface area contributed by atoms with E-state index < -0.39 is 15.1 Å². The summed E-state index contributed by atoms with van der Waals surface area (Å²) in [5, 5.41) is 9.84. The molecule has 2 aromatic rings. The molecule has 0 bridgehead atoms. The van der Waals surface area contributed by atoms with E-state index in [4.69, 9.17) is 0 Å². The van der Waals surface area contributed by atoms with Crippen molar-refractivity contribution in [1.82, 2.24) is 20.5 Å². The Morgan fingerprint density at radius 1 is 1.38 bits per heavy atom. The maximum Gasteiger partial charge on any atom is 0.233 e. The number of aromatic nitrogens is 3. The van der Waals surface area contributed by atoms with Gasteiger partial charge in [-0.2, -0.15) is 0 Å². The molecule has 2 atom stereocenters. The Balaban J connectivity index is 1.58. The Morgan fingerprint density at radius 3 is 2.79 bits per heavy atom. The molecular formula is C15H18N4O3S2. The molecule has 2 heterocycles. The molecule has 3 rings (SSSR count). The van der Waals surface area contributed by atoms with Gasteiger partial charge in [-0.1, -0.05) is 42.1 Å². The molecule has 1 aromatic heterocycles. The van der Waals surface area contributed by atoms with Gasteiger partial charge in [0.25, 0.3) is 0 Å². The van der Waals surface area contributed by atoms with Crippen LogP contribution in [-0.2, 0) is 14.6 Å². The molecule has 1 fully saturated rings. The van der Waals surface area contributed by atoms with Crippen LogP contribution in [0.25, 0.3) is 11.4 Å². The van der Waals surface area contributed by atoms with Gasteiger partial charge in [0, 0.05) is 11.6 Å². The smallest absolute Gasteiger partial charge is 0.233 e. The predicted octanol–water partition coefficient (Wildman–Crippen LogP) is 1.26. The quantitative estimate of drug-likeness (QED) is 0.772. The van der Waals surface area contributed by atoms with Crippen molar-refractivity contribution in [2.75, 3.05) is 11.5 Å². The van der Waals surface area contributed by atoms with Gasteiger partial charge >= 0.3 is 0 Å². The molecule has 1 amide bonds. The minimum atomic E-state index is -3.00. The van der Waals surface area contributed by atoms with Crippen molar-refractivity contribution in [2.24, 2.45) is 0 Å². The summed E-state index contributed by atoms with van der Waals surface area (Å²) in [5.74, 6) is 0.608. The van der Waals surface area contributed by atoms with Crippen LogP contribution in [-0.4, -0.2) is 52.3 Å². The highest BCUT2D eigenvalue weighted by molar-refractivity contribution is 8.00.